The van der Waals surface area contributed by atoms with E-state index in [2.05, 4.69) is 37.3 Å². The Morgan fingerprint density at radius 2 is 1.90 bits per heavy atom. The quantitative estimate of drug-likeness (QED) is 0.765. The molecule has 2 atom stereocenters. The van der Waals surface area contributed by atoms with Gasteiger partial charge < -0.3 is 0 Å². The van der Waals surface area contributed by atoms with Gasteiger partial charge in [0.2, 0.25) is 0 Å². The Balaban J connectivity index is 1.75. The van der Waals surface area contributed by atoms with Crippen molar-refractivity contribution in [2.75, 3.05) is 5.75 Å². The van der Waals surface area contributed by atoms with E-state index in [4.69, 9.17) is 0 Å². The molecule has 4 heteroatoms. The molecule has 4 aliphatic carbocycles. The summed E-state index contributed by atoms with van der Waals surface area (Å²) in [4.78, 5) is 13.2. The SMILES string of the molecule is CC1C=CC(CC[SH](=O)=O)=c2ccc3c(c21)C(=O)C=C1C=CCC(CC2CC2)C=31. The largest absolute Gasteiger partial charge is 0.289 e. The molecule has 0 bridgehead atoms. The molecule has 4 aliphatic rings. The van der Waals surface area contributed by atoms with Crippen LogP contribution in [0.5, 0.6) is 0 Å². The first-order valence-corrected chi connectivity index (χ1v) is 12.0. The van der Waals surface area contributed by atoms with Crippen molar-refractivity contribution in [2.45, 2.75) is 44.9 Å². The first-order chi connectivity index (χ1) is 14.0. The maximum Gasteiger partial charge on any atom is 0.187 e. The molecule has 1 aromatic rings. The van der Waals surface area contributed by atoms with Gasteiger partial charge in [0.15, 0.2) is 5.78 Å². The topological polar surface area (TPSA) is 51.2 Å². The Morgan fingerprint density at radius 1 is 1.10 bits per heavy atom. The minimum atomic E-state index is -2.41. The summed E-state index contributed by atoms with van der Waals surface area (Å²) in [5, 5.41) is 2.16. The molecule has 0 heterocycles. The number of allylic oxidation sites excluding steroid dienone is 6. The van der Waals surface area contributed by atoms with E-state index in [1.165, 1.54) is 24.8 Å². The third kappa shape index (κ3) is 3.38. The Morgan fingerprint density at radius 3 is 2.66 bits per heavy atom. The van der Waals surface area contributed by atoms with Gasteiger partial charge in [-0.2, -0.15) is 0 Å². The molecular formula is C25H26O3S. The summed E-state index contributed by atoms with van der Waals surface area (Å²) in [6.45, 7) is 2.13. The molecule has 0 amide bonds. The summed E-state index contributed by atoms with van der Waals surface area (Å²) < 4.78 is 22.2. The average Bonchev–Trinajstić information content (AvgIpc) is 3.51. The van der Waals surface area contributed by atoms with Crippen molar-refractivity contribution >= 4 is 27.6 Å². The molecule has 2 unspecified atom stereocenters. The first-order valence-electron chi connectivity index (χ1n) is 10.7. The average molecular weight is 407 g/mol. The van der Waals surface area contributed by atoms with Crippen LogP contribution in [0.2, 0.25) is 0 Å². The third-order valence-corrected chi connectivity index (χ3v) is 7.36. The molecule has 1 aromatic carbocycles. The number of carbonyl (C=O) groups excluding carboxylic acids is 1. The highest BCUT2D eigenvalue weighted by molar-refractivity contribution is 7.72. The van der Waals surface area contributed by atoms with E-state index >= 15 is 0 Å². The summed E-state index contributed by atoms with van der Waals surface area (Å²) in [6, 6.07) is 4.24. The lowest BCUT2D eigenvalue weighted by atomic mass is 9.74. The fourth-order valence-electron chi connectivity index (χ4n) is 5.23. The zero-order chi connectivity index (χ0) is 20.1. The van der Waals surface area contributed by atoms with E-state index in [-0.39, 0.29) is 17.5 Å². The van der Waals surface area contributed by atoms with Crippen LogP contribution in [0.25, 0.3) is 11.1 Å². The fourth-order valence-corrected chi connectivity index (χ4v) is 5.65. The van der Waals surface area contributed by atoms with Gasteiger partial charge in [0.25, 0.3) is 0 Å². The molecule has 29 heavy (non-hydrogen) atoms. The molecule has 0 saturated heterocycles. The molecule has 0 aromatic heterocycles. The monoisotopic (exact) mass is 406 g/mol. The number of thiol groups is 1. The van der Waals surface area contributed by atoms with Crippen molar-refractivity contribution in [3.05, 3.63) is 69.7 Å². The number of hydrogen-bond donors (Lipinski definition) is 1. The van der Waals surface area contributed by atoms with Gasteiger partial charge in [0.1, 0.15) is 10.7 Å². The van der Waals surface area contributed by atoms with Gasteiger partial charge in [-0.15, -0.1) is 0 Å². The lowest BCUT2D eigenvalue weighted by molar-refractivity contribution is 0.104. The predicted octanol–water partition coefficient (Wildman–Crippen LogP) is 3.16. The molecule has 1 fully saturated rings. The molecule has 0 N–H and O–H groups in total. The van der Waals surface area contributed by atoms with E-state index in [0.717, 1.165) is 45.0 Å². The maximum atomic E-state index is 13.2. The second-order valence-corrected chi connectivity index (χ2v) is 9.93. The number of fused-ring (bicyclic) bond motifs is 4. The van der Waals surface area contributed by atoms with Gasteiger partial charge in [0.05, 0.1) is 5.75 Å². The molecule has 0 spiro atoms. The molecule has 150 valence electrons. The zero-order valence-corrected chi connectivity index (χ0v) is 17.6. The number of hydrogen-bond acceptors (Lipinski definition) is 3. The normalized spacial score (nSPS) is 25.0. The van der Waals surface area contributed by atoms with Crippen molar-refractivity contribution in [1.82, 2.24) is 0 Å². The van der Waals surface area contributed by atoms with Crippen LogP contribution in [-0.2, 0) is 10.7 Å². The Hall–Kier alpha value is -2.20. The number of benzene rings is 1. The Kier molecular flexibility index (Phi) is 4.70. The van der Waals surface area contributed by atoms with Crippen LogP contribution in [0.3, 0.4) is 0 Å². The van der Waals surface area contributed by atoms with E-state index in [9.17, 15) is 13.2 Å². The predicted molar refractivity (Wildman–Crippen MR) is 117 cm³/mol. The van der Waals surface area contributed by atoms with Gasteiger partial charge in [-0.25, -0.2) is 8.42 Å². The minimum Gasteiger partial charge on any atom is -0.289 e. The van der Waals surface area contributed by atoms with Crippen molar-refractivity contribution in [3.8, 4) is 0 Å². The Labute approximate surface area is 173 Å². The van der Waals surface area contributed by atoms with Gasteiger partial charge in [0, 0.05) is 11.5 Å². The number of ketones is 1. The van der Waals surface area contributed by atoms with Crippen molar-refractivity contribution < 1.29 is 13.2 Å². The second kappa shape index (κ2) is 7.24. The summed E-state index contributed by atoms with van der Waals surface area (Å²) >= 11 is 0. The van der Waals surface area contributed by atoms with Crippen LogP contribution in [0.4, 0.5) is 0 Å². The van der Waals surface area contributed by atoms with E-state index in [0.29, 0.717) is 12.3 Å². The van der Waals surface area contributed by atoms with E-state index in [1.54, 1.807) is 0 Å². The molecule has 0 aliphatic heterocycles. The highest BCUT2D eigenvalue weighted by atomic mass is 32.2. The lowest BCUT2D eigenvalue weighted by Gasteiger charge is -2.29. The fraction of sp³-hybridized carbons (Fsp3) is 0.400. The molecule has 3 nitrogen and oxygen atoms in total. The van der Waals surface area contributed by atoms with Gasteiger partial charge in [-0.1, -0.05) is 56.2 Å². The number of rotatable bonds is 5. The van der Waals surface area contributed by atoms with E-state index < -0.39 is 10.7 Å². The van der Waals surface area contributed by atoms with Crippen LogP contribution in [0.1, 0.15) is 60.9 Å². The standard InChI is InChI=1S/C25H26O3S/c1-15-5-8-17(11-12-29(27)28)20-9-10-21-24-18(13-16-6-7-16)3-2-4-19(24)14-22(26)25(21)23(15)20/h2,4-5,8-10,14-16,18,29H,3,6-7,11-13H2,1H3. The highest BCUT2D eigenvalue weighted by Gasteiger charge is 2.33. The van der Waals surface area contributed by atoms with Crippen molar-refractivity contribution in [3.63, 3.8) is 0 Å². The van der Waals surface area contributed by atoms with Gasteiger partial charge in [-0.05, 0) is 69.9 Å². The van der Waals surface area contributed by atoms with Gasteiger partial charge in [-0.3, -0.25) is 4.79 Å². The molecule has 0 radical (unpaired) electrons. The number of carbonyl (C=O) groups is 1. The summed E-state index contributed by atoms with van der Waals surface area (Å²) in [7, 11) is -2.41. The smallest absolute Gasteiger partial charge is 0.187 e. The van der Waals surface area contributed by atoms with E-state index in [1.807, 2.05) is 12.2 Å². The third-order valence-electron chi connectivity index (χ3n) is 6.77. The van der Waals surface area contributed by atoms with Crippen molar-refractivity contribution in [1.29, 1.82) is 0 Å². The van der Waals surface area contributed by atoms with Crippen LogP contribution < -0.4 is 10.4 Å². The zero-order valence-electron chi connectivity index (χ0n) is 16.7. The first kappa shape index (κ1) is 18.8. The minimum absolute atomic E-state index is 0.0868. The lowest BCUT2D eigenvalue weighted by Crippen LogP contribution is -2.34. The van der Waals surface area contributed by atoms with Gasteiger partial charge >= 0.3 is 0 Å². The molecular weight excluding hydrogens is 380 g/mol. The Bertz CT molecular complexity index is 1180. The second-order valence-electron chi connectivity index (χ2n) is 8.82. The summed E-state index contributed by atoms with van der Waals surface area (Å²) in [5.41, 5.74) is 5.38. The van der Waals surface area contributed by atoms with Crippen LogP contribution in [0, 0.1) is 11.8 Å². The maximum absolute atomic E-state index is 13.2. The van der Waals surface area contributed by atoms with Crippen LogP contribution in [-0.4, -0.2) is 20.0 Å². The highest BCUT2D eigenvalue weighted by Crippen LogP contribution is 2.43. The summed E-state index contributed by atoms with van der Waals surface area (Å²) in [6.07, 6.45) is 15.7. The molecule has 1 saturated carbocycles. The van der Waals surface area contributed by atoms with Crippen LogP contribution in [0.15, 0.2) is 48.1 Å². The van der Waals surface area contributed by atoms with Crippen LogP contribution >= 0.6 is 0 Å². The van der Waals surface area contributed by atoms with Crippen molar-refractivity contribution in [2.24, 2.45) is 11.8 Å². The molecule has 5 rings (SSSR count). The summed E-state index contributed by atoms with van der Waals surface area (Å²) in [5.74, 6) is 1.71.